The van der Waals surface area contributed by atoms with E-state index in [0.717, 1.165) is 0 Å². The molecule has 1 heterocycles. The number of carbonyl (C=O) groups is 2. The summed E-state index contributed by atoms with van der Waals surface area (Å²) in [5, 5.41) is 0.990. The fraction of sp³-hybridized carbons (Fsp3) is 0.154. The summed E-state index contributed by atoms with van der Waals surface area (Å²) in [6.07, 6.45) is 1.34. The molecule has 1 aromatic heterocycles. The van der Waals surface area contributed by atoms with Gasteiger partial charge >= 0.3 is 5.97 Å². The van der Waals surface area contributed by atoms with E-state index in [1.807, 2.05) is 0 Å². The number of benzene rings is 1. The Balaban J connectivity index is 2.45. The van der Waals surface area contributed by atoms with Gasteiger partial charge in [-0.1, -0.05) is 18.2 Å². The number of ether oxygens (including phenoxy) is 1. The minimum atomic E-state index is -0.517. The second-order valence-electron chi connectivity index (χ2n) is 3.78. The number of hydrogen-bond donors (Lipinski definition) is 1. The van der Waals surface area contributed by atoms with Crippen LogP contribution in [0, 0.1) is 0 Å². The van der Waals surface area contributed by atoms with E-state index in [0.29, 0.717) is 16.3 Å². The lowest BCUT2D eigenvalue weighted by molar-refractivity contribution is -0.139. The molecule has 0 fully saturated rings. The summed E-state index contributed by atoms with van der Waals surface area (Å²) in [4.78, 5) is 36.6. The average Bonchev–Trinajstić information content (AvgIpc) is 2.37. The average molecular weight is 245 g/mol. The molecule has 0 saturated heterocycles. The number of esters is 1. The SMILES string of the molecule is CC(=O)OCC(=O)c1c[nH]c(=O)c2ccccc12. The van der Waals surface area contributed by atoms with E-state index in [-0.39, 0.29) is 17.9 Å². The lowest BCUT2D eigenvalue weighted by Crippen LogP contribution is -2.15. The van der Waals surface area contributed by atoms with Gasteiger partial charge in [0, 0.05) is 24.1 Å². The quantitative estimate of drug-likeness (QED) is 0.652. The summed E-state index contributed by atoms with van der Waals surface area (Å²) >= 11 is 0. The van der Waals surface area contributed by atoms with E-state index < -0.39 is 5.97 Å². The molecular formula is C13H11NO4. The molecule has 0 radical (unpaired) electrons. The number of carbonyl (C=O) groups excluding carboxylic acids is 2. The van der Waals surface area contributed by atoms with E-state index in [4.69, 9.17) is 0 Å². The first-order valence-corrected chi connectivity index (χ1v) is 5.36. The number of hydrogen-bond acceptors (Lipinski definition) is 4. The summed E-state index contributed by atoms with van der Waals surface area (Å²) in [7, 11) is 0. The third kappa shape index (κ3) is 2.29. The van der Waals surface area contributed by atoms with Gasteiger partial charge in [-0.25, -0.2) is 0 Å². The summed E-state index contributed by atoms with van der Waals surface area (Å²) in [6, 6.07) is 6.78. The van der Waals surface area contributed by atoms with E-state index in [1.165, 1.54) is 13.1 Å². The smallest absolute Gasteiger partial charge is 0.303 e. The Kier molecular flexibility index (Phi) is 3.23. The van der Waals surface area contributed by atoms with E-state index in [1.54, 1.807) is 24.3 Å². The van der Waals surface area contributed by atoms with E-state index in [9.17, 15) is 14.4 Å². The van der Waals surface area contributed by atoms with Crippen molar-refractivity contribution >= 4 is 22.5 Å². The molecule has 1 aromatic carbocycles. The first kappa shape index (κ1) is 12.0. The van der Waals surface area contributed by atoms with Gasteiger partial charge < -0.3 is 9.72 Å². The number of fused-ring (bicyclic) bond motifs is 1. The zero-order valence-corrected chi connectivity index (χ0v) is 9.73. The summed E-state index contributed by atoms with van der Waals surface area (Å²) in [6.45, 7) is 0.906. The third-order valence-electron chi connectivity index (χ3n) is 2.52. The van der Waals surface area contributed by atoms with Crippen molar-refractivity contribution in [3.8, 4) is 0 Å². The molecule has 0 spiro atoms. The molecule has 1 N–H and O–H groups in total. The lowest BCUT2D eigenvalue weighted by Gasteiger charge is -2.05. The molecule has 0 amide bonds. The summed E-state index contributed by atoms with van der Waals surface area (Å²) < 4.78 is 4.66. The topological polar surface area (TPSA) is 76.2 Å². The molecule has 2 rings (SSSR count). The van der Waals surface area contributed by atoms with Gasteiger partial charge in [0.25, 0.3) is 5.56 Å². The van der Waals surface area contributed by atoms with Gasteiger partial charge in [-0.05, 0) is 11.5 Å². The number of nitrogens with one attached hydrogen (secondary N) is 1. The van der Waals surface area contributed by atoms with Gasteiger partial charge in [0.2, 0.25) is 5.78 Å². The highest BCUT2D eigenvalue weighted by Gasteiger charge is 2.12. The lowest BCUT2D eigenvalue weighted by atomic mass is 10.1. The van der Waals surface area contributed by atoms with Crippen LogP contribution < -0.4 is 5.56 Å². The number of pyridine rings is 1. The van der Waals surface area contributed by atoms with Crippen molar-refractivity contribution in [2.24, 2.45) is 0 Å². The van der Waals surface area contributed by atoms with Crippen molar-refractivity contribution in [3.63, 3.8) is 0 Å². The second-order valence-corrected chi connectivity index (χ2v) is 3.78. The van der Waals surface area contributed by atoms with Crippen LogP contribution in [-0.4, -0.2) is 23.3 Å². The van der Waals surface area contributed by atoms with Crippen molar-refractivity contribution in [3.05, 3.63) is 46.4 Å². The molecule has 0 bridgehead atoms. The van der Waals surface area contributed by atoms with Crippen LogP contribution >= 0.6 is 0 Å². The Morgan fingerprint density at radius 2 is 1.89 bits per heavy atom. The predicted octanol–water partition coefficient (Wildman–Crippen LogP) is 1.27. The Morgan fingerprint density at radius 1 is 1.22 bits per heavy atom. The summed E-state index contributed by atoms with van der Waals surface area (Å²) in [5.41, 5.74) is 0.0843. The molecule has 0 saturated carbocycles. The van der Waals surface area contributed by atoms with Crippen LogP contribution in [0.15, 0.2) is 35.3 Å². The zero-order valence-electron chi connectivity index (χ0n) is 9.73. The fourth-order valence-corrected chi connectivity index (χ4v) is 1.68. The molecular weight excluding hydrogens is 234 g/mol. The van der Waals surface area contributed by atoms with Crippen LogP contribution in [0.1, 0.15) is 17.3 Å². The Labute approximate surface area is 102 Å². The van der Waals surface area contributed by atoms with Gasteiger partial charge in [0.1, 0.15) is 0 Å². The molecule has 18 heavy (non-hydrogen) atoms. The fourth-order valence-electron chi connectivity index (χ4n) is 1.68. The molecule has 5 nitrogen and oxygen atoms in total. The maximum atomic E-state index is 11.9. The van der Waals surface area contributed by atoms with Crippen molar-refractivity contribution in [1.29, 1.82) is 0 Å². The summed E-state index contributed by atoms with van der Waals surface area (Å²) in [5.74, 6) is -0.866. The normalized spacial score (nSPS) is 10.3. The van der Waals surface area contributed by atoms with E-state index in [2.05, 4.69) is 9.72 Å². The predicted molar refractivity (Wildman–Crippen MR) is 65.5 cm³/mol. The van der Waals surface area contributed by atoms with Crippen LogP contribution in [0.3, 0.4) is 0 Å². The molecule has 0 aliphatic rings. The molecule has 0 atom stereocenters. The number of aromatic amines is 1. The van der Waals surface area contributed by atoms with Gasteiger partial charge in [-0.15, -0.1) is 0 Å². The van der Waals surface area contributed by atoms with Crippen molar-refractivity contribution in [1.82, 2.24) is 4.98 Å². The largest absolute Gasteiger partial charge is 0.457 e. The first-order valence-electron chi connectivity index (χ1n) is 5.36. The number of rotatable bonds is 3. The molecule has 5 heteroatoms. The minimum absolute atomic E-state index is 0.255. The second kappa shape index (κ2) is 4.83. The monoisotopic (exact) mass is 245 g/mol. The van der Waals surface area contributed by atoms with Crippen LogP contribution in [0.25, 0.3) is 10.8 Å². The maximum Gasteiger partial charge on any atom is 0.303 e. The molecule has 92 valence electrons. The van der Waals surface area contributed by atoms with Gasteiger partial charge in [-0.3, -0.25) is 14.4 Å². The third-order valence-corrected chi connectivity index (χ3v) is 2.52. The van der Waals surface area contributed by atoms with E-state index >= 15 is 0 Å². The minimum Gasteiger partial charge on any atom is -0.457 e. The van der Waals surface area contributed by atoms with Crippen LogP contribution in [0.4, 0.5) is 0 Å². The number of Topliss-reactive ketones (excluding diaryl/α,β-unsaturated/α-hetero) is 1. The van der Waals surface area contributed by atoms with Gasteiger partial charge in [-0.2, -0.15) is 0 Å². The molecule has 0 aliphatic heterocycles. The van der Waals surface area contributed by atoms with Crippen molar-refractivity contribution in [2.45, 2.75) is 6.92 Å². The Bertz CT molecular complexity index is 672. The Morgan fingerprint density at radius 3 is 2.56 bits per heavy atom. The number of ketones is 1. The number of aromatic nitrogens is 1. The van der Waals surface area contributed by atoms with Gasteiger partial charge in [0.15, 0.2) is 6.61 Å². The standard InChI is InChI=1S/C13H11NO4/c1-8(15)18-7-12(16)11-6-14-13(17)10-5-3-2-4-9(10)11/h2-6H,7H2,1H3,(H,14,17). The molecule has 0 unspecified atom stereocenters. The Hall–Kier alpha value is -2.43. The maximum absolute atomic E-state index is 11.9. The first-order chi connectivity index (χ1) is 8.59. The van der Waals surface area contributed by atoms with Crippen LogP contribution in [-0.2, 0) is 9.53 Å². The molecule has 0 aliphatic carbocycles. The van der Waals surface area contributed by atoms with Crippen molar-refractivity contribution < 1.29 is 14.3 Å². The van der Waals surface area contributed by atoms with Crippen LogP contribution in [0.2, 0.25) is 0 Å². The highest BCUT2D eigenvalue weighted by molar-refractivity contribution is 6.08. The zero-order chi connectivity index (χ0) is 13.1. The van der Waals surface area contributed by atoms with Crippen molar-refractivity contribution in [2.75, 3.05) is 6.61 Å². The number of H-pyrrole nitrogens is 1. The van der Waals surface area contributed by atoms with Crippen LogP contribution in [0.5, 0.6) is 0 Å². The van der Waals surface area contributed by atoms with Gasteiger partial charge in [0.05, 0.1) is 0 Å². The molecule has 2 aromatic rings. The highest BCUT2D eigenvalue weighted by Crippen LogP contribution is 2.14. The highest BCUT2D eigenvalue weighted by atomic mass is 16.5.